The molecule has 138 valence electrons. The van der Waals surface area contributed by atoms with E-state index in [1.165, 1.54) is 5.56 Å². The first kappa shape index (κ1) is 18.7. The molecule has 26 heavy (non-hydrogen) atoms. The van der Waals surface area contributed by atoms with Crippen molar-refractivity contribution in [2.75, 3.05) is 26.2 Å². The number of nitrogens with zero attached hydrogens (tertiary/aromatic N) is 1. The second-order valence-electron chi connectivity index (χ2n) is 6.94. The number of aryl methyl sites for hydroxylation is 2. The molecule has 1 atom stereocenters. The largest absolute Gasteiger partial charge is 0.348 e. The van der Waals surface area contributed by atoms with Crippen molar-refractivity contribution in [2.45, 2.75) is 26.8 Å². The van der Waals surface area contributed by atoms with Gasteiger partial charge in [-0.05, 0) is 44.0 Å². The van der Waals surface area contributed by atoms with Crippen molar-refractivity contribution < 1.29 is 14.5 Å². The molecule has 2 heterocycles. The van der Waals surface area contributed by atoms with Gasteiger partial charge in [-0.1, -0.05) is 23.7 Å². The van der Waals surface area contributed by atoms with Crippen molar-refractivity contribution in [3.8, 4) is 0 Å². The Labute approximate surface area is 158 Å². The molecule has 0 spiro atoms. The van der Waals surface area contributed by atoms with Crippen LogP contribution < -0.4 is 10.2 Å². The molecule has 0 aliphatic carbocycles. The summed E-state index contributed by atoms with van der Waals surface area (Å²) < 4.78 is 2.19. The normalized spacial score (nSPS) is 17.2. The smallest absolute Gasteiger partial charge is 0.275 e. The predicted molar refractivity (Wildman–Crippen MR) is 102 cm³/mol. The van der Waals surface area contributed by atoms with E-state index in [2.05, 4.69) is 9.88 Å². The average molecular weight is 375 g/mol. The van der Waals surface area contributed by atoms with Crippen LogP contribution in [0, 0.1) is 13.8 Å². The molecule has 1 amide bonds. The fourth-order valence-corrected chi connectivity index (χ4v) is 3.68. The van der Waals surface area contributed by atoms with Crippen LogP contribution in [0.15, 0.2) is 30.3 Å². The Balaban J connectivity index is 1.67. The summed E-state index contributed by atoms with van der Waals surface area (Å²) in [6.45, 7) is 7.04. The molecule has 2 N–H and O–H groups in total. The number of amides is 1. The van der Waals surface area contributed by atoms with E-state index in [9.17, 15) is 9.59 Å². The van der Waals surface area contributed by atoms with Gasteiger partial charge < -0.3 is 14.8 Å². The Hall–Kier alpha value is -2.11. The van der Waals surface area contributed by atoms with Gasteiger partial charge in [0.2, 0.25) is 5.78 Å². The summed E-state index contributed by atoms with van der Waals surface area (Å²) in [6, 6.07) is 9.85. The number of piperazine rings is 1. The number of nitrogens with one attached hydrogen (secondary N) is 2. The minimum Gasteiger partial charge on any atom is -0.348 e. The van der Waals surface area contributed by atoms with Crippen molar-refractivity contribution in [2.24, 2.45) is 0 Å². The Morgan fingerprint density at radius 1 is 1.27 bits per heavy atom. The number of carbonyl (C=O) groups excluding carboxylic acids is 2. The van der Waals surface area contributed by atoms with Crippen molar-refractivity contribution in [3.05, 3.63) is 57.9 Å². The molecule has 2 aromatic rings. The van der Waals surface area contributed by atoms with E-state index in [0.717, 1.165) is 46.4 Å². The van der Waals surface area contributed by atoms with Crippen LogP contribution in [0.4, 0.5) is 0 Å². The van der Waals surface area contributed by atoms with E-state index in [0.29, 0.717) is 19.6 Å². The highest BCUT2D eigenvalue weighted by molar-refractivity contribution is 6.30. The first-order chi connectivity index (χ1) is 12.4. The zero-order valence-electron chi connectivity index (χ0n) is 15.3. The average Bonchev–Trinajstić information content (AvgIpc) is 2.89. The van der Waals surface area contributed by atoms with Crippen LogP contribution in [0.25, 0.3) is 0 Å². The number of hydrogen-bond donors (Lipinski definition) is 2. The molecule has 1 unspecified atom stereocenters. The molecular weight excluding hydrogens is 350 g/mol. The van der Waals surface area contributed by atoms with Crippen LogP contribution >= 0.6 is 11.6 Å². The van der Waals surface area contributed by atoms with E-state index in [1.807, 2.05) is 44.2 Å². The number of quaternary nitrogens is 1. The summed E-state index contributed by atoms with van der Waals surface area (Å²) in [6.07, 6.45) is 0.888. The van der Waals surface area contributed by atoms with Crippen molar-refractivity contribution in [1.82, 2.24) is 9.88 Å². The van der Waals surface area contributed by atoms with Gasteiger partial charge in [0, 0.05) is 28.5 Å². The molecule has 0 bridgehead atoms. The molecule has 1 fully saturated rings. The number of hydrogen-bond acceptors (Lipinski definition) is 2. The number of Topliss-reactive ketones (excluding diaryl/α,β-unsaturated/α-hetero) is 1. The Bertz CT molecular complexity index is 811. The minimum absolute atomic E-state index is 0.0208. The summed E-state index contributed by atoms with van der Waals surface area (Å²) in [7, 11) is 0. The second kappa shape index (κ2) is 8.06. The zero-order chi connectivity index (χ0) is 18.7. The highest BCUT2D eigenvalue weighted by Crippen LogP contribution is 2.17. The number of benzene rings is 1. The van der Waals surface area contributed by atoms with Gasteiger partial charge in [-0.3, -0.25) is 9.59 Å². The summed E-state index contributed by atoms with van der Waals surface area (Å²) in [4.78, 5) is 25.3. The fraction of sp³-hybridized carbons (Fsp3) is 0.400. The van der Waals surface area contributed by atoms with Gasteiger partial charge in [0.25, 0.3) is 5.91 Å². The lowest BCUT2D eigenvalue weighted by molar-refractivity contribution is -0.884. The predicted octanol–water partition coefficient (Wildman–Crippen LogP) is 1.20. The van der Waals surface area contributed by atoms with E-state index >= 15 is 0 Å². The molecule has 1 saturated heterocycles. The van der Waals surface area contributed by atoms with Gasteiger partial charge in [0.15, 0.2) is 6.54 Å². The lowest BCUT2D eigenvalue weighted by atomic mass is 10.1. The van der Waals surface area contributed by atoms with Crippen molar-refractivity contribution >= 4 is 23.3 Å². The molecule has 3 rings (SSSR count). The van der Waals surface area contributed by atoms with Crippen molar-refractivity contribution in [3.63, 3.8) is 0 Å². The molecule has 1 aliphatic heterocycles. The SMILES string of the molecule is Cc1cc(C(=O)C[NH+]2CCNC(=O)C2)c(C)n1CCc1ccc(Cl)cc1. The Kier molecular flexibility index (Phi) is 5.79. The number of aromatic nitrogens is 1. The lowest BCUT2D eigenvalue weighted by Crippen LogP contribution is -3.16. The quantitative estimate of drug-likeness (QED) is 0.746. The topological polar surface area (TPSA) is 55.5 Å². The third kappa shape index (κ3) is 4.34. The standard InChI is InChI=1S/C20H24ClN3O2/c1-14-11-18(19(25)12-23-10-8-22-20(26)13-23)15(2)24(14)9-7-16-3-5-17(21)6-4-16/h3-6,11H,7-10,12-13H2,1-2H3,(H,22,26)/p+1. The maximum absolute atomic E-state index is 12.7. The molecule has 5 nitrogen and oxygen atoms in total. The van der Waals surface area contributed by atoms with Gasteiger partial charge in [-0.15, -0.1) is 0 Å². The number of ketones is 1. The monoisotopic (exact) mass is 374 g/mol. The van der Waals surface area contributed by atoms with Gasteiger partial charge in [-0.2, -0.15) is 0 Å². The molecule has 6 heteroatoms. The number of halogens is 1. The fourth-order valence-electron chi connectivity index (χ4n) is 3.55. The first-order valence-electron chi connectivity index (χ1n) is 8.98. The summed E-state index contributed by atoms with van der Waals surface area (Å²) >= 11 is 5.94. The molecule has 0 radical (unpaired) electrons. The third-order valence-corrected chi connectivity index (χ3v) is 5.29. The molecular formula is C20H25ClN3O2+. The number of rotatable bonds is 6. The van der Waals surface area contributed by atoms with Crippen LogP contribution in [0.5, 0.6) is 0 Å². The summed E-state index contributed by atoms with van der Waals surface area (Å²) in [5.74, 6) is 0.132. The minimum atomic E-state index is 0.0208. The van der Waals surface area contributed by atoms with Gasteiger partial charge in [0.05, 0.1) is 13.1 Å². The van der Waals surface area contributed by atoms with E-state index in [4.69, 9.17) is 11.6 Å². The van der Waals surface area contributed by atoms with Crippen LogP contribution in [0.2, 0.25) is 5.02 Å². The van der Waals surface area contributed by atoms with Crippen LogP contribution in [0.1, 0.15) is 27.3 Å². The maximum atomic E-state index is 12.7. The summed E-state index contributed by atoms with van der Waals surface area (Å²) in [5.41, 5.74) is 4.09. The Morgan fingerprint density at radius 2 is 2.00 bits per heavy atom. The lowest BCUT2D eigenvalue weighted by Gasteiger charge is -2.22. The maximum Gasteiger partial charge on any atom is 0.275 e. The first-order valence-corrected chi connectivity index (χ1v) is 9.36. The highest BCUT2D eigenvalue weighted by atomic mass is 35.5. The van der Waals surface area contributed by atoms with E-state index < -0.39 is 0 Å². The Morgan fingerprint density at radius 3 is 2.69 bits per heavy atom. The van der Waals surface area contributed by atoms with Crippen LogP contribution in [0.3, 0.4) is 0 Å². The van der Waals surface area contributed by atoms with E-state index in [1.54, 1.807) is 0 Å². The van der Waals surface area contributed by atoms with Crippen molar-refractivity contribution in [1.29, 1.82) is 0 Å². The molecule has 1 aromatic carbocycles. The zero-order valence-corrected chi connectivity index (χ0v) is 16.0. The molecule has 0 saturated carbocycles. The number of carbonyl (C=O) groups is 2. The second-order valence-corrected chi connectivity index (χ2v) is 7.38. The van der Waals surface area contributed by atoms with Gasteiger partial charge >= 0.3 is 0 Å². The molecule has 1 aromatic heterocycles. The third-order valence-electron chi connectivity index (χ3n) is 5.03. The summed E-state index contributed by atoms with van der Waals surface area (Å²) in [5, 5.41) is 3.54. The van der Waals surface area contributed by atoms with Crippen LogP contribution in [-0.4, -0.2) is 42.4 Å². The highest BCUT2D eigenvalue weighted by Gasteiger charge is 2.24. The van der Waals surface area contributed by atoms with Gasteiger partial charge in [0.1, 0.15) is 6.54 Å². The van der Waals surface area contributed by atoms with E-state index in [-0.39, 0.29) is 11.7 Å². The van der Waals surface area contributed by atoms with Gasteiger partial charge in [-0.25, -0.2) is 0 Å². The van der Waals surface area contributed by atoms with Crippen LogP contribution in [-0.2, 0) is 17.8 Å². The molecule has 1 aliphatic rings.